The zero-order valence-electron chi connectivity index (χ0n) is 11.1. The lowest BCUT2D eigenvalue weighted by Gasteiger charge is -2.29. The van der Waals surface area contributed by atoms with Crippen molar-refractivity contribution in [3.63, 3.8) is 0 Å². The van der Waals surface area contributed by atoms with Crippen molar-refractivity contribution in [3.8, 4) is 0 Å². The Morgan fingerprint density at radius 3 is 2.53 bits per heavy atom. The normalized spacial score (nSPS) is 28.5. The Labute approximate surface area is 118 Å². The van der Waals surface area contributed by atoms with Gasteiger partial charge in [-0.15, -0.1) is 0 Å². The number of carbonyl (C=O) groups excluding carboxylic acids is 1. The van der Waals surface area contributed by atoms with E-state index in [2.05, 4.69) is 5.32 Å². The summed E-state index contributed by atoms with van der Waals surface area (Å²) in [6, 6.07) is 0.181. The van der Waals surface area contributed by atoms with Crippen molar-refractivity contribution in [1.82, 2.24) is 10.2 Å². The van der Waals surface area contributed by atoms with Crippen LogP contribution in [0.5, 0.6) is 0 Å². The van der Waals surface area contributed by atoms with Crippen molar-refractivity contribution in [2.75, 3.05) is 24.6 Å². The topological polar surface area (TPSA) is 69.6 Å². The van der Waals surface area contributed by atoms with Crippen molar-refractivity contribution >= 4 is 23.8 Å². The minimum absolute atomic E-state index is 0.0290. The molecule has 0 bridgehead atoms. The molecule has 2 aliphatic rings. The van der Waals surface area contributed by atoms with E-state index in [0.717, 1.165) is 43.9 Å². The highest BCUT2D eigenvalue weighted by Gasteiger charge is 2.27. The summed E-state index contributed by atoms with van der Waals surface area (Å²) >= 11 is 1.90. The summed E-state index contributed by atoms with van der Waals surface area (Å²) in [5, 5.41) is 12.0. The minimum atomic E-state index is -0.700. The summed E-state index contributed by atoms with van der Waals surface area (Å²) < 4.78 is 0. The smallest absolute Gasteiger partial charge is 0.317 e. The first-order chi connectivity index (χ1) is 9.16. The van der Waals surface area contributed by atoms with Crippen molar-refractivity contribution < 1.29 is 14.7 Å². The van der Waals surface area contributed by atoms with Gasteiger partial charge in [-0.1, -0.05) is 0 Å². The van der Waals surface area contributed by atoms with Gasteiger partial charge in [-0.05, 0) is 37.9 Å². The Balaban J connectivity index is 1.75. The van der Waals surface area contributed by atoms with Crippen LogP contribution < -0.4 is 5.32 Å². The second kappa shape index (κ2) is 7.03. The SMILES string of the molecule is O=C(O)C1CCC(NC(=O)N2CCCSCC2)CC1. The first-order valence-electron chi connectivity index (χ1n) is 7.03. The van der Waals surface area contributed by atoms with Gasteiger partial charge in [0.25, 0.3) is 0 Å². The van der Waals surface area contributed by atoms with E-state index in [1.807, 2.05) is 16.7 Å². The van der Waals surface area contributed by atoms with Crippen LogP contribution in [0.25, 0.3) is 0 Å². The fourth-order valence-corrected chi connectivity index (χ4v) is 3.59. The zero-order chi connectivity index (χ0) is 13.7. The van der Waals surface area contributed by atoms with Crippen molar-refractivity contribution in [2.24, 2.45) is 5.92 Å². The number of aliphatic carboxylic acids is 1. The van der Waals surface area contributed by atoms with Gasteiger partial charge in [0.15, 0.2) is 0 Å². The van der Waals surface area contributed by atoms with Crippen LogP contribution in [0.15, 0.2) is 0 Å². The third-order valence-electron chi connectivity index (χ3n) is 3.91. The fourth-order valence-electron chi connectivity index (χ4n) is 2.70. The minimum Gasteiger partial charge on any atom is -0.481 e. The maximum absolute atomic E-state index is 12.1. The van der Waals surface area contributed by atoms with Gasteiger partial charge in [-0.25, -0.2) is 4.79 Å². The number of hydrogen-bond donors (Lipinski definition) is 2. The van der Waals surface area contributed by atoms with E-state index >= 15 is 0 Å². The highest BCUT2D eigenvalue weighted by atomic mass is 32.2. The van der Waals surface area contributed by atoms with Crippen LogP contribution in [0.3, 0.4) is 0 Å². The summed E-state index contributed by atoms with van der Waals surface area (Å²) in [4.78, 5) is 24.9. The number of urea groups is 1. The van der Waals surface area contributed by atoms with Crippen LogP contribution in [0, 0.1) is 5.92 Å². The molecular weight excluding hydrogens is 264 g/mol. The number of nitrogens with one attached hydrogen (secondary N) is 1. The second-order valence-electron chi connectivity index (χ2n) is 5.29. The summed E-state index contributed by atoms with van der Waals surface area (Å²) in [6.45, 7) is 1.66. The lowest BCUT2D eigenvalue weighted by molar-refractivity contribution is -0.142. The van der Waals surface area contributed by atoms with Gasteiger partial charge in [0.2, 0.25) is 0 Å². The van der Waals surface area contributed by atoms with Crippen LogP contribution in [0.2, 0.25) is 0 Å². The third-order valence-corrected chi connectivity index (χ3v) is 4.96. The van der Waals surface area contributed by atoms with Gasteiger partial charge in [0.05, 0.1) is 5.92 Å². The number of amides is 2. The van der Waals surface area contributed by atoms with E-state index in [1.54, 1.807) is 0 Å². The number of carbonyl (C=O) groups is 2. The molecule has 0 radical (unpaired) electrons. The Kier molecular flexibility index (Phi) is 5.36. The van der Waals surface area contributed by atoms with Crippen LogP contribution in [0.1, 0.15) is 32.1 Å². The summed E-state index contributed by atoms with van der Waals surface area (Å²) in [7, 11) is 0. The van der Waals surface area contributed by atoms with Crippen LogP contribution in [-0.4, -0.2) is 52.6 Å². The van der Waals surface area contributed by atoms with Crippen molar-refractivity contribution in [2.45, 2.75) is 38.1 Å². The molecule has 1 saturated carbocycles. The number of carboxylic acid groups (broad SMARTS) is 1. The number of carboxylic acids is 1. The molecule has 0 unspecified atom stereocenters. The quantitative estimate of drug-likeness (QED) is 0.812. The summed E-state index contributed by atoms with van der Waals surface area (Å²) in [6.07, 6.45) is 3.98. The molecule has 0 atom stereocenters. The fraction of sp³-hybridized carbons (Fsp3) is 0.846. The monoisotopic (exact) mass is 286 g/mol. The average Bonchev–Trinajstić information content (AvgIpc) is 2.68. The second-order valence-corrected chi connectivity index (χ2v) is 6.51. The molecule has 1 heterocycles. The standard InChI is InChI=1S/C13H22N2O3S/c16-12(17)10-2-4-11(5-3-10)14-13(18)15-6-1-8-19-9-7-15/h10-11H,1-9H2,(H,14,18)(H,16,17). The number of thioether (sulfide) groups is 1. The molecule has 6 heteroatoms. The Bertz CT molecular complexity index is 322. The van der Waals surface area contributed by atoms with E-state index in [1.165, 1.54) is 0 Å². The van der Waals surface area contributed by atoms with Crippen LogP contribution >= 0.6 is 11.8 Å². The van der Waals surface area contributed by atoms with Crippen LogP contribution in [-0.2, 0) is 4.79 Å². The molecule has 1 saturated heterocycles. The van der Waals surface area contributed by atoms with Gasteiger partial charge in [0, 0.05) is 24.9 Å². The molecular formula is C13H22N2O3S. The molecule has 5 nitrogen and oxygen atoms in total. The predicted octanol–water partition coefficient (Wildman–Crippen LogP) is 1.78. The zero-order valence-corrected chi connectivity index (χ0v) is 12.0. The number of hydrogen-bond acceptors (Lipinski definition) is 3. The molecule has 1 aliphatic heterocycles. The molecule has 108 valence electrons. The summed E-state index contributed by atoms with van der Waals surface area (Å²) in [5.41, 5.74) is 0. The Hall–Kier alpha value is -0.910. The predicted molar refractivity (Wildman–Crippen MR) is 75.4 cm³/mol. The first kappa shape index (κ1) is 14.5. The molecule has 2 rings (SSSR count). The molecule has 19 heavy (non-hydrogen) atoms. The lowest BCUT2D eigenvalue weighted by atomic mass is 9.86. The van der Waals surface area contributed by atoms with Crippen LogP contribution in [0.4, 0.5) is 4.79 Å². The van der Waals surface area contributed by atoms with E-state index in [4.69, 9.17) is 5.11 Å². The first-order valence-corrected chi connectivity index (χ1v) is 8.18. The highest BCUT2D eigenvalue weighted by Crippen LogP contribution is 2.24. The molecule has 0 aromatic carbocycles. The Morgan fingerprint density at radius 1 is 1.11 bits per heavy atom. The van der Waals surface area contributed by atoms with Gasteiger partial charge in [0.1, 0.15) is 0 Å². The summed E-state index contributed by atoms with van der Waals surface area (Å²) in [5.74, 6) is 1.23. The maximum atomic E-state index is 12.1. The van der Waals surface area contributed by atoms with E-state index in [0.29, 0.717) is 12.8 Å². The van der Waals surface area contributed by atoms with E-state index in [-0.39, 0.29) is 18.0 Å². The number of nitrogens with zero attached hydrogens (tertiary/aromatic N) is 1. The molecule has 0 aromatic heterocycles. The molecule has 1 aliphatic carbocycles. The molecule has 2 amide bonds. The van der Waals surface area contributed by atoms with Gasteiger partial charge in [-0.3, -0.25) is 4.79 Å². The highest BCUT2D eigenvalue weighted by molar-refractivity contribution is 7.99. The van der Waals surface area contributed by atoms with Gasteiger partial charge < -0.3 is 15.3 Å². The van der Waals surface area contributed by atoms with Crippen molar-refractivity contribution in [1.29, 1.82) is 0 Å². The van der Waals surface area contributed by atoms with E-state index < -0.39 is 5.97 Å². The lowest BCUT2D eigenvalue weighted by Crippen LogP contribution is -2.47. The van der Waals surface area contributed by atoms with E-state index in [9.17, 15) is 9.59 Å². The maximum Gasteiger partial charge on any atom is 0.317 e. The van der Waals surface area contributed by atoms with Crippen molar-refractivity contribution in [3.05, 3.63) is 0 Å². The Morgan fingerprint density at radius 2 is 1.84 bits per heavy atom. The van der Waals surface area contributed by atoms with Gasteiger partial charge >= 0.3 is 12.0 Å². The third kappa shape index (κ3) is 4.30. The largest absolute Gasteiger partial charge is 0.481 e. The molecule has 0 aromatic rings. The molecule has 2 N–H and O–H groups in total. The molecule has 2 fully saturated rings. The number of rotatable bonds is 2. The molecule has 0 spiro atoms. The average molecular weight is 286 g/mol. The van der Waals surface area contributed by atoms with Gasteiger partial charge in [-0.2, -0.15) is 11.8 Å².